The third-order valence-corrected chi connectivity index (χ3v) is 3.68. The van der Waals surface area contributed by atoms with Crippen molar-refractivity contribution in [1.82, 2.24) is 10.2 Å². The number of hydrogen-bond acceptors (Lipinski definition) is 2. The van der Waals surface area contributed by atoms with Crippen molar-refractivity contribution in [3.63, 3.8) is 0 Å². The van der Waals surface area contributed by atoms with E-state index in [2.05, 4.69) is 17.1 Å². The highest BCUT2D eigenvalue weighted by Crippen LogP contribution is 2.10. The van der Waals surface area contributed by atoms with E-state index in [1.54, 1.807) is 12.1 Å². The van der Waals surface area contributed by atoms with Crippen molar-refractivity contribution in [3.8, 4) is 0 Å². The summed E-state index contributed by atoms with van der Waals surface area (Å²) < 4.78 is 12.8. The Morgan fingerprint density at radius 3 is 2.53 bits per heavy atom. The van der Waals surface area contributed by atoms with Crippen molar-refractivity contribution in [2.24, 2.45) is 0 Å². The SMILES string of the molecule is CCN1CCC(NC(=O)Cc2ccc(F)cc2)CC1. The topological polar surface area (TPSA) is 32.3 Å². The number of nitrogens with zero attached hydrogens (tertiary/aromatic N) is 1. The Bertz CT molecular complexity index is 411. The van der Waals surface area contributed by atoms with E-state index in [1.165, 1.54) is 12.1 Å². The number of halogens is 1. The lowest BCUT2D eigenvalue weighted by Gasteiger charge is -2.31. The Morgan fingerprint density at radius 1 is 1.32 bits per heavy atom. The number of nitrogens with one attached hydrogen (secondary N) is 1. The largest absolute Gasteiger partial charge is 0.353 e. The number of rotatable bonds is 4. The predicted octanol–water partition coefficient (Wildman–Crippen LogP) is 1.97. The molecule has 1 N–H and O–H groups in total. The molecule has 0 unspecified atom stereocenters. The maximum atomic E-state index is 12.8. The number of hydrogen-bond donors (Lipinski definition) is 1. The van der Waals surface area contributed by atoms with E-state index in [-0.39, 0.29) is 17.8 Å². The van der Waals surface area contributed by atoms with E-state index in [0.29, 0.717) is 6.42 Å². The number of carbonyl (C=O) groups excluding carboxylic acids is 1. The third kappa shape index (κ3) is 4.31. The molecule has 1 aromatic carbocycles. The monoisotopic (exact) mass is 264 g/mol. The second kappa shape index (κ2) is 6.66. The zero-order valence-corrected chi connectivity index (χ0v) is 11.4. The first-order valence-electron chi connectivity index (χ1n) is 6.93. The summed E-state index contributed by atoms with van der Waals surface area (Å²) in [4.78, 5) is 14.3. The molecule has 1 aliphatic heterocycles. The average molecular weight is 264 g/mol. The maximum absolute atomic E-state index is 12.8. The van der Waals surface area contributed by atoms with Gasteiger partial charge >= 0.3 is 0 Å². The summed E-state index contributed by atoms with van der Waals surface area (Å²) in [5, 5.41) is 3.07. The van der Waals surface area contributed by atoms with Gasteiger partial charge in [0.05, 0.1) is 6.42 Å². The highest BCUT2D eigenvalue weighted by Gasteiger charge is 2.19. The predicted molar refractivity (Wildman–Crippen MR) is 73.4 cm³/mol. The summed E-state index contributed by atoms with van der Waals surface area (Å²) in [6.07, 6.45) is 2.36. The van der Waals surface area contributed by atoms with Crippen LogP contribution in [0.15, 0.2) is 24.3 Å². The van der Waals surface area contributed by atoms with Crippen LogP contribution in [0.3, 0.4) is 0 Å². The van der Waals surface area contributed by atoms with Gasteiger partial charge in [-0.2, -0.15) is 0 Å². The van der Waals surface area contributed by atoms with Gasteiger partial charge in [0.1, 0.15) is 5.82 Å². The van der Waals surface area contributed by atoms with Crippen LogP contribution < -0.4 is 5.32 Å². The molecule has 1 aliphatic rings. The lowest BCUT2D eigenvalue weighted by Crippen LogP contribution is -2.44. The summed E-state index contributed by atoms with van der Waals surface area (Å²) >= 11 is 0. The summed E-state index contributed by atoms with van der Waals surface area (Å²) in [6.45, 7) is 5.35. The lowest BCUT2D eigenvalue weighted by atomic mass is 10.0. The van der Waals surface area contributed by atoms with Crippen LogP contribution in [0.1, 0.15) is 25.3 Å². The van der Waals surface area contributed by atoms with Gasteiger partial charge in [0, 0.05) is 19.1 Å². The smallest absolute Gasteiger partial charge is 0.224 e. The molecule has 1 saturated heterocycles. The number of carbonyl (C=O) groups is 1. The Hall–Kier alpha value is -1.42. The van der Waals surface area contributed by atoms with Gasteiger partial charge in [0.15, 0.2) is 0 Å². The minimum absolute atomic E-state index is 0.0292. The summed E-state index contributed by atoms with van der Waals surface area (Å²) in [5.41, 5.74) is 0.852. The minimum Gasteiger partial charge on any atom is -0.353 e. The molecule has 3 nitrogen and oxygen atoms in total. The van der Waals surface area contributed by atoms with Crippen LogP contribution in [0.4, 0.5) is 4.39 Å². The number of amides is 1. The fraction of sp³-hybridized carbons (Fsp3) is 0.533. The van der Waals surface area contributed by atoms with Gasteiger partial charge in [-0.1, -0.05) is 19.1 Å². The molecule has 1 aromatic rings. The molecule has 19 heavy (non-hydrogen) atoms. The lowest BCUT2D eigenvalue weighted by molar-refractivity contribution is -0.121. The van der Waals surface area contributed by atoms with E-state index in [0.717, 1.165) is 38.0 Å². The van der Waals surface area contributed by atoms with Crippen LogP contribution in [0.5, 0.6) is 0 Å². The van der Waals surface area contributed by atoms with Crippen LogP contribution in [-0.4, -0.2) is 36.5 Å². The van der Waals surface area contributed by atoms with Crippen LogP contribution in [-0.2, 0) is 11.2 Å². The molecule has 0 aliphatic carbocycles. The molecule has 0 spiro atoms. The zero-order chi connectivity index (χ0) is 13.7. The molecule has 104 valence electrons. The van der Waals surface area contributed by atoms with Gasteiger partial charge in [-0.15, -0.1) is 0 Å². The first kappa shape index (κ1) is 14.0. The summed E-state index contributed by atoms with van der Waals surface area (Å²) in [7, 11) is 0. The molecule has 0 aromatic heterocycles. The van der Waals surface area contributed by atoms with E-state index in [4.69, 9.17) is 0 Å². The van der Waals surface area contributed by atoms with Crippen molar-refractivity contribution in [3.05, 3.63) is 35.6 Å². The van der Waals surface area contributed by atoms with Gasteiger partial charge in [-0.05, 0) is 37.1 Å². The minimum atomic E-state index is -0.268. The van der Waals surface area contributed by atoms with Gasteiger partial charge in [0.25, 0.3) is 0 Å². The fourth-order valence-corrected chi connectivity index (χ4v) is 2.46. The molecular weight excluding hydrogens is 243 g/mol. The molecule has 0 bridgehead atoms. The van der Waals surface area contributed by atoms with Crippen molar-refractivity contribution in [1.29, 1.82) is 0 Å². The van der Waals surface area contributed by atoms with Gasteiger partial charge in [-0.25, -0.2) is 4.39 Å². The molecule has 1 heterocycles. The second-order valence-corrected chi connectivity index (χ2v) is 5.08. The fourth-order valence-electron chi connectivity index (χ4n) is 2.46. The molecule has 4 heteroatoms. The highest BCUT2D eigenvalue weighted by molar-refractivity contribution is 5.78. The van der Waals surface area contributed by atoms with E-state index in [9.17, 15) is 9.18 Å². The maximum Gasteiger partial charge on any atom is 0.224 e. The van der Waals surface area contributed by atoms with Crippen molar-refractivity contribution >= 4 is 5.91 Å². The van der Waals surface area contributed by atoms with Crippen molar-refractivity contribution < 1.29 is 9.18 Å². The number of benzene rings is 1. The van der Waals surface area contributed by atoms with Crippen molar-refractivity contribution in [2.75, 3.05) is 19.6 Å². The Morgan fingerprint density at radius 2 is 1.95 bits per heavy atom. The highest BCUT2D eigenvalue weighted by atomic mass is 19.1. The standard InChI is InChI=1S/C15H21FN2O/c1-2-18-9-7-14(8-10-18)17-15(19)11-12-3-5-13(16)6-4-12/h3-6,14H,2,7-11H2,1H3,(H,17,19). The molecule has 0 radical (unpaired) electrons. The van der Waals surface area contributed by atoms with Gasteiger partial charge in [-0.3, -0.25) is 4.79 Å². The number of piperidine rings is 1. The van der Waals surface area contributed by atoms with Crippen LogP contribution in [0.25, 0.3) is 0 Å². The summed E-state index contributed by atoms with van der Waals surface area (Å²) in [5.74, 6) is -0.238. The Kier molecular flexibility index (Phi) is 4.91. The molecular formula is C15H21FN2O. The molecule has 0 saturated carbocycles. The quantitative estimate of drug-likeness (QED) is 0.901. The molecule has 1 amide bonds. The molecule has 0 atom stereocenters. The zero-order valence-electron chi connectivity index (χ0n) is 11.4. The number of likely N-dealkylation sites (tertiary alicyclic amines) is 1. The normalized spacial score (nSPS) is 17.4. The molecule has 1 fully saturated rings. The molecule has 2 rings (SSSR count). The second-order valence-electron chi connectivity index (χ2n) is 5.08. The first-order chi connectivity index (χ1) is 9.17. The summed E-state index contributed by atoms with van der Waals surface area (Å²) in [6, 6.07) is 6.39. The van der Waals surface area contributed by atoms with Crippen molar-refractivity contribution in [2.45, 2.75) is 32.2 Å². The third-order valence-electron chi connectivity index (χ3n) is 3.68. The van der Waals surface area contributed by atoms with Crippen LogP contribution >= 0.6 is 0 Å². The van der Waals surface area contributed by atoms with Crippen LogP contribution in [0.2, 0.25) is 0 Å². The van der Waals surface area contributed by atoms with E-state index in [1.807, 2.05) is 0 Å². The van der Waals surface area contributed by atoms with Crippen LogP contribution in [0, 0.1) is 5.82 Å². The van der Waals surface area contributed by atoms with E-state index < -0.39 is 0 Å². The Balaban J connectivity index is 1.77. The Labute approximate surface area is 113 Å². The first-order valence-corrected chi connectivity index (χ1v) is 6.93. The van der Waals surface area contributed by atoms with Gasteiger partial charge < -0.3 is 10.2 Å². The van der Waals surface area contributed by atoms with Gasteiger partial charge in [0.2, 0.25) is 5.91 Å². The van der Waals surface area contributed by atoms with E-state index >= 15 is 0 Å². The average Bonchev–Trinajstić information content (AvgIpc) is 2.42.